The maximum Gasteiger partial charge on any atom is 0.316 e. The van der Waals surface area contributed by atoms with Crippen molar-refractivity contribution in [2.45, 2.75) is 40.2 Å². The fourth-order valence-corrected chi connectivity index (χ4v) is 1.51. The number of hydrogen-bond acceptors (Lipinski definition) is 5. The van der Waals surface area contributed by atoms with Gasteiger partial charge in [0, 0.05) is 0 Å². The Kier molecular flexibility index (Phi) is 5.90. The minimum absolute atomic E-state index is 0.102. The summed E-state index contributed by atoms with van der Waals surface area (Å²) in [5, 5.41) is 9.91. The van der Waals surface area contributed by atoms with Crippen LogP contribution in [0, 0.1) is 5.41 Å². The molecule has 1 rings (SSSR count). The molecule has 0 radical (unpaired) electrons. The second kappa shape index (κ2) is 7.22. The molecule has 0 heterocycles. The van der Waals surface area contributed by atoms with Gasteiger partial charge >= 0.3 is 11.9 Å². The molecule has 116 valence electrons. The Morgan fingerprint density at radius 1 is 1.19 bits per heavy atom. The molecule has 1 unspecified atom stereocenters. The first kappa shape index (κ1) is 17.2. The van der Waals surface area contributed by atoms with E-state index in [9.17, 15) is 14.7 Å². The highest BCUT2D eigenvalue weighted by atomic mass is 16.5. The number of aliphatic hydroxyl groups is 1. The number of carbonyl (C=O) groups excluding carboxylic acids is 2. The molecule has 0 spiro atoms. The summed E-state index contributed by atoms with van der Waals surface area (Å²) in [6.07, 6.45) is -1.04. The molecular formula is C16H22O5. The van der Waals surface area contributed by atoms with E-state index in [1.165, 1.54) is 0 Å². The van der Waals surface area contributed by atoms with Crippen molar-refractivity contribution < 1.29 is 24.2 Å². The van der Waals surface area contributed by atoms with Gasteiger partial charge in [-0.2, -0.15) is 0 Å². The van der Waals surface area contributed by atoms with Gasteiger partial charge in [-0.15, -0.1) is 0 Å². The Balaban J connectivity index is 2.65. The number of benzene rings is 1. The molecule has 21 heavy (non-hydrogen) atoms. The van der Waals surface area contributed by atoms with Gasteiger partial charge in [0.15, 0.2) is 0 Å². The first-order valence-electron chi connectivity index (χ1n) is 6.90. The summed E-state index contributed by atoms with van der Waals surface area (Å²) in [6, 6.07) is 6.42. The second-order valence-corrected chi connectivity index (χ2v) is 5.73. The normalized spacial score (nSPS) is 12.6. The number of aliphatic hydroxyl groups excluding tert-OH is 1. The molecule has 0 fully saturated rings. The molecular weight excluding hydrogens is 272 g/mol. The lowest BCUT2D eigenvalue weighted by Gasteiger charge is -2.16. The van der Waals surface area contributed by atoms with Crippen LogP contribution in [0.5, 0.6) is 5.75 Å². The topological polar surface area (TPSA) is 72.8 Å². The van der Waals surface area contributed by atoms with Crippen LogP contribution < -0.4 is 4.74 Å². The molecule has 0 saturated carbocycles. The first-order chi connectivity index (χ1) is 9.74. The van der Waals surface area contributed by atoms with Crippen LogP contribution in [-0.4, -0.2) is 23.7 Å². The van der Waals surface area contributed by atoms with Crippen molar-refractivity contribution >= 4 is 11.9 Å². The average molecular weight is 294 g/mol. The molecule has 5 heteroatoms. The highest BCUT2D eigenvalue weighted by Crippen LogP contribution is 2.23. The maximum atomic E-state index is 11.7. The molecule has 0 aliphatic carbocycles. The van der Waals surface area contributed by atoms with Gasteiger partial charge in [-0.05, 0) is 45.4 Å². The Morgan fingerprint density at radius 3 is 2.24 bits per heavy atom. The molecule has 0 amide bonds. The number of esters is 2. The molecule has 1 aromatic rings. The molecule has 0 saturated heterocycles. The number of hydrogen-bond donors (Lipinski definition) is 1. The quantitative estimate of drug-likeness (QED) is 0.667. The zero-order chi connectivity index (χ0) is 16.0. The summed E-state index contributed by atoms with van der Waals surface area (Å²) in [7, 11) is 0. The Bertz CT molecular complexity index is 484. The number of rotatable bonds is 5. The third kappa shape index (κ3) is 5.55. The van der Waals surface area contributed by atoms with Gasteiger partial charge in [-0.1, -0.05) is 12.1 Å². The summed E-state index contributed by atoms with van der Waals surface area (Å²) in [4.78, 5) is 23.0. The van der Waals surface area contributed by atoms with E-state index in [1.807, 2.05) is 0 Å². The van der Waals surface area contributed by atoms with Gasteiger partial charge in [0.25, 0.3) is 0 Å². The number of ether oxygens (including phenoxy) is 2. The van der Waals surface area contributed by atoms with Crippen molar-refractivity contribution in [3.05, 3.63) is 29.8 Å². The van der Waals surface area contributed by atoms with Crippen LogP contribution in [-0.2, 0) is 14.3 Å². The van der Waals surface area contributed by atoms with Crippen molar-refractivity contribution in [2.24, 2.45) is 5.41 Å². The molecule has 1 N–H and O–H groups in total. The van der Waals surface area contributed by atoms with Crippen LogP contribution in [0.4, 0.5) is 0 Å². The Hall–Kier alpha value is -1.88. The SMILES string of the molecule is CCOC(=O)CC(O)c1ccc(OC(=O)C(C)(C)C)cc1. The van der Waals surface area contributed by atoms with Crippen LogP contribution in [0.3, 0.4) is 0 Å². The average Bonchev–Trinajstić information content (AvgIpc) is 2.38. The molecule has 0 aliphatic rings. The predicted molar refractivity (Wildman–Crippen MR) is 77.7 cm³/mol. The lowest BCUT2D eigenvalue weighted by atomic mass is 9.97. The van der Waals surface area contributed by atoms with E-state index < -0.39 is 17.5 Å². The zero-order valence-corrected chi connectivity index (χ0v) is 12.9. The molecule has 1 atom stereocenters. The van der Waals surface area contributed by atoms with Crippen LogP contribution in [0.15, 0.2) is 24.3 Å². The van der Waals surface area contributed by atoms with Crippen molar-refractivity contribution in [1.82, 2.24) is 0 Å². The summed E-state index contributed by atoms with van der Waals surface area (Å²) >= 11 is 0. The van der Waals surface area contributed by atoms with Crippen molar-refractivity contribution in [1.29, 1.82) is 0 Å². The van der Waals surface area contributed by atoms with E-state index in [-0.39, 0.29) is 19.0 Å². The highest BCUT2D eigenvalue weighted by Gasteiger charge is 2.23. The zero-order valence-electron chi connectivity index (χ0n) is 12.9. The second-order valence-electron chi connectivity index (χ2n) is 5.73. The monoisotopic (exact) mass is 294 g/mol. The largest absolute Gasteiger partial charge is 0.466 e. The van der Waals surface area contributed by atoms with Crippen LogP contribution in [0.1, 0.15) is 45.8 Å². The molecule has 5 nitrogen and oxygen atoms in total. The van der Waals surface area contributed by atoms with E-state index in [4.69, 9.17) is 9.47 Å². The van der Waals surface area contributed by atoms with E-state index in [1.54, 1.807) is 52.0 Å². The molecule has 1 aromatic carbocycles. The minimum Gasteiger partial charge on any atom is -0.466 e. The van der Waals surface area contributed by atoms with Gasteiger partial charge in [0.1, 0.15) is 5.75 Å². The van der Waals surface area contributed by atoms with E-state index in [2.05, 4.69) is 0 Å². The summed E-state index contributed by atoms with van der Waals surface area (Å²) in [5.41, 5.74) is -0.0131. The minimum atomic E-state index is -0.934. The summed E-state index contributed by atoms with van der Waals surface area (Å²) in [5.74, 6) is -0.377. The Labute approximate surface area is 124 Å². The van der Waals surface area contributed by atoms with Crippen molar-refractivity contribution in [2.75, 3.05) is 6.61 Å². The van der Waals surface area contributed by atoms with Gasteiger partial charge < -0.3 is 14.6 Å². The summed E-state index contributed by atoms with van der Waals surface area (Å²) in [6.45, 7) is 7.31. The van der Waals surface area contributed by atoms with Gasteiger partial charge in [-0.25, -0.2) is 0 Å². The predicted octanol–water partition coefficient (Wildman–Crippen LogP) is 2.62. The fraction of sp³-hybridized carbons (Fsp3) is 0.500. The van der Waals surface area contributed by atoms with Gasteiger partial charge in [-0.3, -0.25) is 9.59 Å². The maximum absolute atomic E-state index is 11.7. The molecule has 0 aliphatic heterocycles. The lowest BCUT2D eigenvalue weighted by Crippen LogP contribution is -2.25. The van der Waals surface area contributed by atoms with Crippen LogP contribution >= 0.6 is 0 Å². The van der Waals surface area contributed by atoms with Crippen LogP contribution in [0.25, 0.3) is 0 Å². The van der Waals surface area contributed by atoms with E-state index in [0.717, 1.165) is 0 Å². The molecule has 0 bridgehead atoms. The first-order valence-corrected chi connectivity index (χ1v) is 6.90. The fourth-order valence-electron chi connectivity index (χ4n) is 1.51. The third-order valence-corrected chi connectivity index (χ3v) is 2.75. The van der Waals surface area contributed by atoms with Gasteiger partial charge in [0.05, 0.1) is 24.5 Å². The van der Waals surface area contributed by atoms with Gasteiger partial charge in [0.2, 0.25) is 0 Å². The smallest absolute Gasteiger partial charge is 0.316 e. The van der Waals surface area contributed by atoms with Crippen molar-refractivity contribution in [3.8, 4) is 5.75 Å². The summed E-state index contributed by atoms with van der Waals surface area (Å²) < 4.78 is 10.0. The van der Waals surface area contributed by atoms with E-state index >= 15 is 0 Å². The highest BCUT2D eigenvalue weighted by molar-refractivity contribution is 5.77. The molecule has 0 aromatic heterocycles. The van der Waals surface area contributed by atoms with E-state index in [0.29, 0.717) is 11.3 Å². The lowest BCUT2D eigenvalue weighted by molar-refractivity contribution is -0.145. The number of carbonyl (C=O) groups is 2. The van der Waals surface area contributed by atoms with Crippen molar-refractivity contribution in [3.63, 3.8) is 0 Å². The standard InChI is InChI=1S/C16H22O5/c1-5-20-14(18)10-13(17)11-6-8-12(9-7-11)21-15(19)16(2,3)4/h6-9,13,17H,5,10H2,1-4H3. The third-order valence-electron chi connectivity index (χ3n) is 2.75. The van der Waals surface area contributed by atoms with Crippen LogP contribution in [0.2, 0.25) is 0 Å². The Morgan fingerprint density at radius 2 is 1.76 bits per heavy atom.